The van der Waals surface area contributed by atoms with Gasteiger partial charge in [-0.1, -0.05) is 23.7 Å². The summed E-state index contributed by atoms with van der Waals surface area (Å²) in [6, 6.07) is 11.7. The fourth-order valence-corrected chi connectivity index (χ4v) is 4.23. The Balaban J connectivity index is 1.27. The number of ether oxygens (including phenoxy) is 1. The fourth-order valence-electron chi connectivity index (χ4n) is 3.91. The predicted octanol–water partition coefficient (Wildman–Crippen LogP) is 4.60. The average molecular weight is 413 g/mol. The second-order valence-electron chi connectivity index (χ2n) is 7.48. The number of fused-ring (bicyclic) bond motifs is 1. The molecule has 0 unspecified atom stereocenters. The van der Waals surface area contributed by atoms with E-state index in [2.05, 4.69) is 4.98 Å². The fraction of sp³-hybridized carbons (Fsp3) is 0.364. The maximum absolute atomic E-state index is 11.2. The molecule has 1 fully saturated rings. The van der Waals surface area contributed by atoms with Crippen molar-refractivity contribution in [2.45, 2.75) is 25.7 Å². The Labute approximate surface area is 175 Å². The lowest BCUT2D eigenvalue weighted by atomic mass is 9.92. The molecule has 1 aliphatic rings. The summed E-state index contributed by atoms with van der Waals surface area (Å²) in [4.78, 5) is 17.2. The Bertz CT molecular complexity index is 978. The number of pyridine rings is 1. The average Bonchev–Trinajstić information content (AvgIpc) is 3.22. The van der Waals surface area contributed by atoms with Gasteiger partial charge >= 0.3 is 6.03 Å². The molecule has 3 heterocycles. The number of primary amides is 1. The number of hydrogen-bond acceptors (Lipinski definition) is 3. The minimum absolute atomic E-state index is 0.304. The van der Waals surface area contributed by atoms with E-state index in [-0.39, 0.29) is 6.03 Å². The van der Waals surface area contributed by atoms with Gasteiger partial charge in [-0.3, -0.25) is 4.40 Å². The van der Waals surface area contributed by atoms with Gasteiger partial charge < -0.3 is 15.4 Å². The number of benzene rings is 1. The number of hydrogen-bond donors (Lipinski definition) is 1. The Hall–Kier alpha value is -2.73. The van der Waals surface area contributed by atoms with E-state index in [1.54, 1.807) is 11.1 Å². The molecule has 6 nitrogen and oxygen atoms in total. The lowest BCUT2D eigenvalue weighted by molar-refractivity contribution is 0.172. The summed E-state index contributed by atoms with van der Waals surface area (Å²) in [6.07, 6.45) is 7.77. The van der Waals surface area contributed by atoms with Crippen LogP contribution >= 0.6 is 11.6 Å². The number of nitrogens with zero attached hydrogens (tertiary/aromatic N) is 3. The lowest BCUT2D eigenvalue weighted by Crippen LogP contribution is -2.41. The van der Waals surface area contributed by atoms with Gasteiger partial charge in [0.15, 0.2) is 0 Å². The molecule has 1 saturated heterocycles. The number of likely N-dealkylation sites (tertiary alicyclic amines) is 1. The topological polar surface area (TPSA) is 72.9 Å². The Morgan fingerprint density at radius 2 is 1.93 bits per heavy atom. The van der Waals surface area contributed by atoms with E-state index in [1.807, 2.05) is 47.0 Å². The zero-order valence-electron chi connectivity index (χ0n) is 16.3. The molecule has 0 saturated carbocycles. The van der Waals surface area contributed by atoms with Crippen LogP contribution in [0.3, 0.4) is 0 Å². The maximum atomic E-state index is 11.2. The van der Waals surface area contributed by atoms with Crippen molar-refractivity contribution in [2.75, 3.05) is 19.7 Å². The molecule has 29 heavy (non-hydrogen) atoms. The number of halogens is 1. The first-order valence-electron chi connectivity index (χ1n) is 10.0. The number of imidazole rings is 1. The van der Waals surface area contributed by atoms with Crippen molar-refractivity contribution in [3.05, 3.63) is 53.9 Å². The molecule has 2 aromatic heterocycles. The van der Waals surface area contributed by atoms with Gasteiger partial charge in [0.05, 0.1) is 6.61 Å². The summed E-state index contributed by atoms with van der Waals surface area (Å²) in [5.74, 6) is 1.51. The van der Waals surface area contributed by atoms with Crippen LogP contribution in [0.5, 0.6) is 5.75 Å². The monoisotopic (exact) mass is 412 g/mol. The van der Waals surface area contributed by atoms with E-state index in [4.69, 9.17) is 22.1 Å². The van der Waals surface area contributed by atoms with E-state index in [1.165, 1.54) is 0 Å². The van der Waals surface area contributed by atoms with Crippen LogP contribution in [0.2, 0.25) is 5.15 Å². The number of rotatable bonds is 6. The molecule has 0 radical (unpaired) electrons. The van der Waals surface area contributed by atoms with Gasteiger partial charge in [-0.05, 0) is 61.4 Å². The zero-order valence-corrected chi connectivity index (χ0v) is 17.0. The molecule has 4 rings (SSSR count). The van der Waals surface area contributed by atoms with Gasteiger partial charge in [0, 0.05) is 31.0 Å². The summed E-state index contributed by atoms with van der Waals surface area (Å²) in [6.45, 7) is 2.24. The Kier molecular flexibility index (Phi) is 5.90. The van der Waals surface area contributed by atoms with Gasteiger partial charge in [0.25, 0.3) is 0 Å². The molecule has 0 spiro atoms. The van der Waals surface area contributed by atoms with Crippen molar-refractivity contribution < 1.29 is 9.53 Å². The van der Waals surface area contributed by atoms with E-state index >= 15 is 0 Å². The van der Waals surface area contributed by atoms with Crippen molar-refractivity contribution >= 4 is 23.3 Å². The largest absolute Gasteiger partial charge is 0.494 e. The first kappa shape index (κ1) is 19.6. The van der Waals surface area contributed by atoms with Crippen LogP contribution < -0.4 is 10.5 Å². The molecular formula is C22H25ClN4O2. The highest BCUT2D eigenvalue weighted by atomic mass is 35.5. The van der Waals surface area contributed by atoms with Gasteiger partial charge in [-0.15, -0.1) is 0 Å². The Morgan fingerprint density at radius 3 is 2.66 bits per heavy atom. The predicted molar refractivity (Wildman–Crippen MR) is 114 cm³/mol. The molecule has 0 bridgehead atoms. The molecule has 2 N–H and O–H groups in total. The van der Waals surface area contributed by atoms with Crippen LogP contribution in [-0.2, 0) is 0 Å². The van der Waals surface area contributed by atoms with Gasteiger partial charge in [0.2, 0.25) is 0 Å². The van der Waals surface area contributed by atoms with E-state index in [0.717, 1.165) is 61.3 Å². The maximum Gasteiger partial charge on any atom is 0.314 e. The quantitative estimate of drug-likeness (QED) is 0.474. The highest BCUT2D eigenvalue weighted by Gasteiger charge is 2.20. The van der Waals surface area contributed by atoms with Crippen LogP contribution in [0, 0.1) is 5.92 Å². The number of nitrogens with two attached hydrogens (primary N) is 1. The minimum atomic E-state index is -0.304. The number of piperidine rings is 1. The Morgan fingerprint density at radius 1 is 1.17 bits per heavy atom. The third-order valence-electron chi connectivity index (χ3n) is 5.62. The van der Waals surface area contributed by atoms with Crippen LogP contribution in [0.1, 0.15) is 25.7 Å². The van der Waals surface area contributed by atoms with Crippen molar-refractivity contribution in [3.8, 4) is 16.9 Å². The van der Waals surface area contributed by atoms with Gasteiger partial charge in [-0.2, -0.15) is 0 Å². The van der Waals surface area contributed by atoms with Crippen LogP contribution in [0.15, 0.2) is 48.8 Å². The molecule has 7 heteroatoms. The van der Waals surface area contributed by atoms with Crippen LogP contribution in [0.25, 0.3) is 16.8 Å². The van der Waals surface area contributed by atoms with Crippen LogP contribution in [-0.4, -0.2) is 40.0 Å². The molecule has 1 aliphatic heterocycles. The first-order chi connectivity index (χ1) is 14.1. The number of amides is 2. The SMILES string of the molecule is NC(=O)N1CCC(CCCOc2ccc(-c3ccc4nccn4c3Cl)cc2)CC1. The molecule has 2 amide bonds. The van der Waals surface area contributed by atoms with Crippen molar-refractivity contribution in [2.24, 2.45) is 11.7 Å². The minimum Gasteiger partial charge on any atom is -0.494 e. The third-order valence-corrected chi connectivity index (χ3v) is 6.00. The molecule has 3 aromatic rings. The molecular weight excluding hydrogens is 388 g/mol. The number of urea groups is 1. The summed E-state index contributed by atoms with van der Waals surface area (Å²) >= 11 is 6.52. The third kappa shape index (κ3) is 4.48. The number of aromatic nitrogens is 2. The highest BCUT2D eigenvalue weighted by Crippen LogP contribution is 2.30. The summed E-state index contributed by atoms with van der Waals surface area (Å²) < 4.78 is 7.77. The number of carbonyl (C=O) groups is 1. The van der Waals surface area contributed by atoms with Crippen molar-refractivity contribution in [1.82, 2.24) is 14.3 Å². The van der Waals surface area contributed by atoms with E-state index in [0.29, 0.717) is 17.7 Å². The lowest BCUT2D eigenvalue weighted by Gasteiger charge is -2.30. The van der Waals surface area contributed by atoms with Crippen molar-refractivity contribution in [1.29, 1.82) is 0 Å². The normalized spacial score (nSPS) is 15.0. The summed E-state index contributed by atoms with van der Waals surface area (Å²) in [7, 11) is 0. The molecule has 1 aromatic carbocycles. The van der Waals surface area contributed by atoms with E-state index in [9.17, 15) is 4.79 Å². The second-order valence-corrected chi connectivity index (χ2v) is 7.84. The smallest absolute Gasteiger partial charge is 0.314 e. The van der Waals surface area contributed by atoms with Crippen molar-refractivity contribution in [3.63, 3.8) is 0 Å². The molecule has 0 atom stereocenters. The van der Waals surface area contributed by atoms with Crippen LogP contribution in [0.4, 0.5) is 4.79 Å². The highest BCUT2D eigenvalue weighted by molar-refractivity contribution is 6.32. The molecule has 0 aliphatic carbocycles. The second kappa shape index (κ2) is 8.74. The zero-order chi connectivity index (χ0) is 20.2. The number of carbonyl (C=O) groups excluding carboxylic acids is 1. The van der Waals surface area contributed by atoms with Gasteiger partial charge in [0.1, 0.15) is 16.5 Å². The first-order valence-corrected chi connectivity index (χ1v) is 10.4. The molecule has 152 valence electrons. The van der Waals surface area contributed by atoms with Gasteiger partial charge in [-0.25, -0.2) is 9.78 Å². The van der Waals surface area contributed by atoms with E-state index < -0.39 is 0 Å². The summed E-state index contributed by atoms with van der Waals surface area (Å²) in [5, 5.41) is 0.649. The standard InChI is InChI=1S/C22H25ClN4O2/c23-21-19(7-8-20-25-11-14-27(20)21)17-3-5-18(6-4-17)29-15-1-2-16-9-12-26(13-10-16)22(24)28/h3-8,11,14,16H,1-2,9-10,12-13,15H2,(H2,24,28). The summed E-state index contributed by atoms with van der Waals surface area (Å²) in [5.41, 5.74) is 8.17.